The summed E-state index contributed by atoms with van der Waals surface area (Å²) in [7, 11) is -0.352. The van der Waals surface area contributed by atoms with Crippen LogP contribution in [0.3, 0.4) is 0 Å². The van der Waals surface area contributed by atoms with Gasteiger partial charge in [0.1, 0.15) is 0 Å². The molecule has 25 heavy (non-hydrogen) atoms. The number of hydrogen-bond acceptors (Lipinski definition) is 5. The number of nitrogens with one attached hydrogen (secondary N) is 1. The van der Waals surface area contributed by atoms with Gasteiger partial charge in [0.25, 0.3) is 0 Å². The fraction of sp³-hybridized carbons (Fsp3) is 0.611. The molecule has 7 heteroatoms. The van der Waals surface area contributed by atoms with E-state index in [0.717, 1.165) is 48.7 Å². The van der Waals surface area contributed by atoms with Gasteiger partial charge in [-0.1, -0.05) is 13.5 Å². The van der Waals surface area contributed by atoms with Crippen LogP contribution < -0.4 is 10.4 Å². The number of fused-ring (bicyclic) bond motifs is 1. The predicted molar refractivity (Wildman–Crippen MR) is 102 cm³/mol. The van der Waals surface area contributed by atoms with E-state index in [1.165, 1.54) is 0 Å². The van der Waals surface area contributed by atoms with Crippen LogP contribution in [0.15, 0.2) is 18.2 Å². The molecule has 136 valence electrons. The number of morpholine rings is 1. The van der Waals surface area contributed by atoms with Crippen LogP contribution in [0.2, 0.25) is 0 Å². The van der Waals surface area contributed by atoms with Gasteiger partial charge >= 0.3 is 7.12 Å². The summed E-state index contributed by atoms with van der Waals surface area (Å²) >= 11 is 0. The van der Waals surface area contributed by atoms with Crippen molar-refractivity contribution in [3.8, 4) is 0 Å². The van der Waals surface area contributed by atoms with E-state index in [9.17, 15) is 0 Å². The minimum absolute atomic E-state index is 0. The van der Waals surface area contributed by atoms with E-state index in [-0.39, 0.29) is 25.7 Å². The maximum Gasteiger partial charge on any atom is 0.494 e. The van der Waals surface area contributed by atoms with Crippen molar-refractivity contribution in [2.24, 2.45) is 0 Å². The van der Waals surface area contributed by atoms with Gasteiger partial charge in [-0.2, -0.15) is 0 Å². The Kier molecular flexibility index (Phi) is 4.60. The maximum absolute atomic E-state index is 6.14. The first kappa shape index (κ1) is 18.2. The normalized spacial score (nSPS) is 22.2. The first-order valence-corrected chi connectivity index (χ1v) is 8.54. The first-order valence-electron chi connectivity index (χ1n) is 8.54. The third kappa shape index (κ3) is 3.16. The van der Waals surface area contributed by atoms with Gasteiger partial charge in [0.05, 0.1) is 35.4 Å². The van der Waals surface area contributed by atoms with Crippen LogP contribution in [-0.4, -0.2) is 54.6 Å². The van der Waals surface area contributed by atoms with Gasteiger partial charge in [0, 0.05) is 13.1 Å². The Balaban J connectivity index is 0.00000182. The van der Waals surface area contributed by atoms with E-state index in [4.69, 9.17) is 19.0 Å². The Morgan fingerprint density at radius 1 is 1.08 bits per heavy atom. The number of ether oxygens (including phenoxy) is 1. The van der Waals surface area contributed by atoms with Crippen molar-refractivity contribution in [1.29, 1.82) is 0 Å². The highest BCUT2D eigenvalue weighted by Crippen LogP contribution is 2.36. The minimum atomic E-state index is -0.352. The van der Waals surface area contributed by atoms with Crippen molar-refractivity contribution in [3.05, 3.63) is 18.2 Å². The van der Waals surface area contributed by atoms with Crippen LogP contribution >= 0.6 is 0 Å². The molecule has 0 saturated carbocycles. The molecular weight excluding hydrogens is 317 g/mol. The molecule has 1 aromatic carbocycles. The van der Waals surface area contributed by atoms with Gasteiger partial charge in [0.2, 0.25) is 5.95 Å². The van der Waals surface area contributed by atoms with E-state index in [1.807, 2.05) is 12.1 Å². The molecule has 0 atom stereocenters. The lowest BCUT2D eigenvalue weighted by atomic mass is 9.79. The molecule has 0 unspecified atom stereocenters. The number of aromatic nitrogens is 2. The highest BCUT2D eigenvalue weighted by atomic mass is 16.7. The second-order valence-corrected chi connectivity index (χ2v) is 7.52. The highest BCUT2D eigenvalue weighted by molar-refractivity contribution is 6.62. The topological polar surface area (TPSA) is 59.6 Å². The van der Waals surface area contributed by atoms with Gasteiger partial charge in [-0.05, 0) is 45.3 Å². The molecule has 4 rings (SSSR count). The Hall–Kier alpha value is -1.57. The summed E-state index contributed by atoms with van der Waals surface area (Å²) in [5.41, 5.74) is 2.30. The van der Waals surface area contributed by atoms with Crippen LogP contribution in [0, 0.1) is 0 Å². The van der Waals surface area contributed by atoms with Crippen LogP contribution in [-0.2, 0) is 14.0 Å². The van der Waals surface area contributed by atoms with E-state index in [2.05, 4.69) is 43.6 Å². The molecule has 1 N–H and O–H groups in total. The van der Waals surface area contributed by atoms with Gasteiger partial charge < -0.3 is 23.9 Å². The fourth-order valence-electron chi connectivity index (χ4n) is 3.06. The Morgan fingerprint density at radius 2 is 1.72 bits per heavy atom. The number of benzene rings is 1. The fourth-order valence-corrected chi connectivity index (χ4v) is 3.06. The number of nitrogens with zero attached hydrogens (tertiary/aromatic N) is 2. The Labute approximate surface area is 150 Å². The van der Waals surface area contributed by atoms with Gasteiger partial charge in [0.15, 0.2) is 0 Å². The molecule has 2 aliphatic rings. The molecule has 2 fully saturated rings. The number of hydrogen-bond donors (Lipinski definition) is 1. The Bertz CT molecular complexity index is 737. The minimum Gasteiger partial charge on any atom is -0.399 e. The van der Waals surface area contributed by atoms with E-state index in [1.54, 1.807) is 0 Å². The quantitative estimate of drug-likeness (QED) is 0.847. The summed E-state index contributed by atoms with van der Waals surface area (Å²) in [6, 6.07) is 6.14. The number of aromatic amines is 1. The zero-order valence-electron chi connectivity index (χ0n) is 14.8. The van der Waals surface area contributed by atoms with Crippen LogP contribution in [0.1, 0.15) is 35.1 Å². The molecule has 1 aromatic heterocycles. The summed E-state index contributed by atoms with van der Waals surface area (Å²) in [6.07, 6.45) is 0. The van der Waals surface area contributed by atoms with Crippen molar-refractivity contribution in [2.75, 3.05) is 31.2 Å². The Morgan fingerprint density at radius 3 is 2.36 bits per heavy atom. The van der Waals surface area contributed by atoms with Gasteiger partial charge in [-0.3, -0.25) is 0 Å². The van der Waals surface area contributed by atoms with E-state index in [0.29, 0.717) is 0 Å². The third-order valence-electron chi connectivity index (χ3n) is 5.33. The second kappa shape index (κ2) is 6.30. The molecule has 6 nitrogen and oxygen atoms in total. The second-order valence-electron chi connectivity index (χ2n) is 7.52. The molecule has 0 bridgehead atoms. The number of imidazole rings is 1. The maximum atomic E-state index is 6.14. The van der Waals surface area contributed by atoms with E-state index >= 15 is 0 Å². The summed E-state index contributed by atoms with van der Waals surface area (Å²) in [5, 5.41) is 0. The molecule has 2 aliphatic heterocycles. The van der Waals surface area contributed by atoms with Crippen LogP contribution in [0.5, 0.6) is 0 Å². The lowest BCUT2D eigenvalue weighted by Gasteiger charge is -2.32. The molecule has 2 saturated heterocycles. The SMILES string of the molecule is C.CC1(C)OB(c2ccc3nc(N4CCOCC4)[nH]c3c2)OC1(C)C. The monoisotopic (exact) mass is 345 g/mol. The summed E-state index contributed by atoms with van der Waals surface area (Å²) in [4.78, 5) is 10.3. The number of anilines is 1. The van der Waals surface area contributed by atoms with E-state index < -0.39 is 0 Å². The molecule has 0 aliphatic carbocycles. The van der Waals surface area contributed by atoms with Crippen molar-refractivity contribution in [2.45, 2.75) is 46.3 Å². The third-order valence-corrected chi connectivity index (χ3v) is 5.33. The lowest BCUT2D eigenvalue weighted by molar-refractivity contribution is 0.00578. The first-order chi connectivity index (χ1) is 11.4. The molecule has 0 spiro atoms. The molecular formula is C18H28BN3O3. The average molecular weight is 345 g/mol. The zero-order chi connectivity index (χ0) is 16.9. The summed E-state index contributed by atoms with van der Waals surface area (Å²) in [6.45, 7) is 11.5. The predicted octanol–water partition coefficient (Wildman–Crippen LogP) is 2.33. The summed E-state index contributed by atoms with van der Waals surface area (Å²) < 4.78 is 17.7. The van der Waals surface area contributed by atoms with Crippen LogP contribution in [0.4, 0.5) is 5.95 Å². The number of H-pyrrole nitrogens is 1. The van der Waals surface area contributed by atoms with Crippen molar-refractivity contribution >= 4 is 29.6 Å². The van der Waals surface area contributed by atoms with Crippen molar-refractivity contribution < 1.29 is 14.0 Å². The lowest BCUT2D eigenvalue weighted by Crippen LogP contribution is -2.41. The zero-order valence-corrected chi connectivity index (χ0v) is 14.8. The highest BCUT2D eigenvalue weighted by Gasteiger charge is 2.51. The molecule has 0 amide bonds. The number of rotatable bonds is 2. The smallest absolute Gasteiger partial charge is 0.399 e. The molecule has 3 heterocycles. The van der Waals surface area contributed by atoms with Crippen molar-refractivity contribution in [3.63, 3.8) is 0 Å². The molecule has 2 aromatic rings. The molecule has 0 radical (unpaired) electrons. The van der Waals surface area contributed by atoms with Crippen molar-refractivity contribution in [1.82, 2.24) is 9.97 Å². The van der Waals surface area contributed by atoms with Gasteiger partial charge in [-0.15, -0.1) is 0 Å². The standard InChI is InChI=1S/C17H24BN3O3.CH4/c1-16(2)17(3,4)24-18(23-16)12-5-6-13-14(11-12)20-15(19-13)21-7-9-22-10-8-21;/h5-6,11H,7-10H2,1-4H3,(H,19,20);1H4. The summed E-state index contributed by atoms with van der Waals surface area (Å²) in [5.74, 6) is 0.902. The van der Waals surface area contributed by atoms with Crippen LogP contribution in [0.25, 0.3) is 11.0 Å². The largest absolute Gasteiger partial charge is 0.494 e. The van der Waals surface area contributed by atoms with Gasteiger partial charge in [-0.25, -0.2) is 4.98 Å². The average Bonchev–Trinajstić information content (AvgIpc) is 3.06.